The summed E-state index contributed by atoms with van der Waals surface area (Å²) in [4.78, 5) is 17.5. The Balaban J connectivity index is 1.61. The molecular formula is C20H31N3O2. The highest BCUT2D eigenvalue weighted by molar-refractivity contribution is 5.77. The topological polar surface area (TPSA) is 44.8 Å². The fourth-order valence-corrected chi connectivity index (χ4v) is 3.79. The van der Waals surface area contributed by atoms with Crippen LogP contribution in [-0.4, -0.2) is 74.2 Å². The van der Waals surface area contributed by atoms with Crippen LogP contribution in [0, 0.1) is 0 Å². The molecule has 138 valence electrons. The van der Waals surface area contributed by atoms with Crippen LogP contribution in [-0.2, 0) is 16.0 Å². The van der Waals surface area contributed by atoms with Gasteiger partial charge in [-0.1, -0.05) is 30.3 Å². The van der Waals surface area contributed by atoms with E-state index < -0.39 is 0 Å². The molecule has 1 N–H and O–H groups in total. The van der Waals surface area contributed by atoms with Crippen LogP contribution in [0.5, 0.6) is 0 Å². The SMILES string of the molecule is CN1CCC(N(CCc2ccccc2)C(=O)C[C@@H]2COCCN2)CC1. The molecule has 0 aromatic heterocycles. The first-order valence-corrected chi connectivity index (χ1v) is 9.55. The predicted molar refractivity (Wildman–Crippen MR) is 99.6 cm³/mol. The van der Waals surface area contributed by atoms with Gasteiger partial charge in [0.25, 0.3) is 0 Å². The number of benzene rings is 1. The van der Waals surface area contributed by atoms with Crippen LogP contribution in [0.15, 0.2) is 30.3 Å². The second-order valence-corrected chi connectivity index (χ2v) is 7.29. The van der Waals surface area contributed by atoms with Gasteiger partial charge in [-0.3, -0.25) is 4.79 Å². The third-order valence-electron chi connectivity index (χ3n) is 5.35. The van der Waals surface area contributed by atoms with Crippen molar-refractivity contribution in [1.29, 1.82) is 0 Å². The van der Waals surface area contributed by atoms with Crippen molar-refractivity contribution in [3.05, 3.63) is 35.9 Å². The molecular weight excluding hydrogens is 314 g/mol. The first kappa shape index (κ1) is 18.4. The Kier molecular flexibility index (Phi) is 6.84. The number of ether oxygens (including phenoxy) is 1. The van der Waals surface area contributed by atoms with Gasteiger partial charge in [0.2, 0.25) is 5.91 Å². The van der Waals surface area contributed by atoms with Gasteiger partial charge in [0, 0.05) is 31.6 Å². The normalized spacial score (nSPS) is 22.7. The Bertz CT molecular complexity index is 523. The second-order valence-electron chi connectivity index (χ2n) is 7.29. The second kappa shape index (κ2) is 9.32. The maximum atomic E-state index is 13.0. The fraction of sp³-hybridized carbons (Fsp3) is 0.650. The first-order valence-electron chi connectivity index (χ1n) is 9.55. The molecule has 3 rings (SSSR count). The molecule has 0 unspecified atom stereocenters. The van der Waals surface area contributed by atoms with Gasteiger partial charge in [-0.15, -0.1) is 0 Å². The van der Waals surface area contributed by atoms with Crippen LogP contribution in [0.25, 0.3) is 0 Å². The Morgan fingerprint density at radius 2 is 2.04 bits per heavy atom. The van der Waals surface area contributed by atoms with Gasteiger partial charge in [0.15, 0.2) is 0 Å². The van der Waals surface area contributed by atoms with E-state index in [0.29, 0.717) is 19.1 Å². The summed E-state index contributed by atoms with van der Waals surface area (Å²) in [5.41, 5.74) is 1.30. The lowest BCUT2D eigenvalue weighted by atomic mass is 10.0. The van der Waals surface area contributed by atoms with Crippen molar-refractivity contribution in [3.8, 4) is 0 Å². The summed E-state index contributed by atoms with van der Waals surface area (Å²) in [7, 11) is 2.16. The summed E-state index contributed by atoms with van der Waals surface area (Å²) in [5, 5.41) is 3.41. The minimum atomic E-state index is 0.159. The summed E-state index contributed by atoms with van der Waals surface area (Å²) in [5.74, 6) is 0.272. The molecule has 5 heteroatoms. The van der Waals surface area contributed by atoms with Gasteiger partial charge in [0.05, 0.1) is 13.2 Å². The molecule has 2 aliphatic heterocycles. The Morgan fingerprint density at radius 1 is 1.28 bits per heavy atom. The van der Waals surface area contributed by atoms with Crippen molar-refractivity contribution in [3.63, 3.8) is 0 Å². The highest BCUT2D eigenvalue weighted by Gasteiger charge is 2.28. The van der Waals surface area contributed by atoms with Crippen LogP contribution in [0.4, 0.5) is 0 Å². The zero-order valence-corrected chi connectivity index (χ0v) is 15.3. The molecule has 1 atom stereocenters. The van der Waals surface area contributed by atoms with E-state index in [4.69, 9.17) is 4.74 Å². The zero-order valence-electron chi connectivity index (χ0n) is 15.3. The van der Waals surface area contributed by atoms with Crippen molar-refractivity contribution in [1.82, 2.24) is 15.1 Å². The van der Waals surface area contributed by atoms with E-state index in [9.17, 15) is 4.79 Å². The van der Waals surface area contributed by atoms with Gasteiger partial charge in [-0.05, 0) is 45.0 Å². The number of nitrogens with one attached hydrogen (secondary N) is 1. The average Bonchev–Trinajstić information content (AvgIpc) is 2.65. The molecule has 2 saturated heterocycles. The van der Waals surface area contributed by atoms with Crippen LogP contribution in [0.1, 0.15) is 24.8 Å². The van der Waals surface area contributed by atoms with Crippen molar-refractivity contribution in [2.24, 2.45) is 0 Å². The van der Waals surface area contributed by atoms with Gasteiger partial charge in [-0.2, -0.15) is 0 Å². The molecule has 1 aromatic rings. The van der Waals surface area contributed by atoms with E-state index in [2.05, 4.69) is 46.4 Å². The minimum Gasteiger partial charge on any atom is -0.378 e. The molecule has 0 radical (unpaired) electrons. The highest BCUT2D eigenvalue weighted by Crippen LogP contribution is 2.18. The zero-order chi connectivity index (χ0) is 17.5. The third kappa shape index (κ3) is 5.53. The molecule has 1 amide bonds. The van der Waals surface area contributed by atoms with Crippen molar-refractivity contribution in [2.75, 3.05) is 46.4 Å². The average molecular weight is 345 g/mol. The number of nitrogens with zero attached hydrogens (tertiary/aromatic N) is 2. The van der Waals surface area contributed by atoms with E-state index in [0.717, 1.165) is 52.0 Å². The smallest absolute Gasteiger partial charge is 0.224 e. The molecule has 2 heterocycles. The van der Waals surface area contributed by atoms with E-state index >= 15 is 0 Å². The van der Waals surface area contributed by atoms with Gasteiger partial charge >= 0.3 is 0 Å². The number of likely N-dealkylation sites (tertiary alicyclic amines) is 1. The van der Waals surface area contributed by atoms with Crippen LogP contribution >= 0.6 is 0 Å². The number of carbonyl (C=O) groups is 1. The lowest BCUT2D eigenvalue weighted by molar-refractivity contribution is -0.135. The molecule has 2 fully saturated rings. The summed E-state index contributed by atoms with van der Waals surface area (Å²) in [6.45, 7) is 5.19. The lowest BCUT2D eigenvalue weighted by Crippen LogP contribution is -2.50. The van der Waals surface area contributed by atoms with E-state index in [-0.39, 0.29) is 11.9 Å². The Morgan fingerprint density at radius 3 is 2.72 bits per heavy atom. The van der Waals surface area contributed by atoms with Crippen molar-refractivity contribution < 1.29 is 9.53 Å². The van der Waals surface area contributed by atoms with Crippen molar-refractivity contribution >= 4 is 5.91 Å². The molecule has 0 aliphatic carbocycles. The van der Waals surface area contributed by atoms with Crippen LogP contribution in [0.3, 0.4) is 0 Å². The van der Waals surface area contributed by atoms with Gasteiger partial charge in [0.1, 0.15) is 0 Å². The molecule has 25 heavy (non-hydrogen) atoms. The van der Waals surface area contributed by atoms with Gasteiger partial charge < -0.3 is 19.9 Å². The van der Waals surface area contributed by atoms with Crippen LogP contribution in [0.2, 0.25) is 0 Å². The molecule has 0 spiro atoms. The van der Waals surface area contributed by atoms with Gasteiger partial charge in [-0.25, -0.2) is 0 Å². The van der Waals surface area contributed by atoms with Crippen LogP contribution < -0.4 is 5.32 Å². The summed E-state index contributed by atoms with van der Waals surface area (Å²) in [6.07, 6.45) is 3.62. The Labute approximate surface area is 151 Å². The van der Waals surface area contributed by atoms with Crippen molar-refractivity contribution in [2.45, 2.75) is 37.8 Å². The lowest BCUT2D eigenvalue weighted by Gasteiger charge is -2.38. The summed E-state index contributed by atoms with van der Waals surface area (Å²) < 4.78 is 5.51. The van der Waals surface area contributed by atoms with E-state index in [1.54, 1.807) is 0 Å². The number of rotatable bonds is 6. The molecule has 1 aromatic carbocycles. The highest BCUT2D eigenvalue weighted by atomic mass is 16.5. The number of hydrogen-bond donors (Lipinski definition) is 1. The van der Waals surface area contributed by atoms with E-state index in [1.807, 2.05) is 6.07 Å². The molecule has 0 bridgehead atoms. The minimum absolute atomic E-state index is 0.159. The molecule has 2 aliphatic rings. The predicted octanol–water partition coefficient (Wildman–Crippen LogP) is 1.53. The largest absolute Gasteiger partial charge is 0.378 e. The quantitative estimate of drug-likeness (QED) is 0.849. The third-order valence-corrected chi connectivity index (χ3v) is 5.35. The maximum absolute atomic E-state index is 13.0. The monoisotopic (exact) mass is 345 g/mol. The number of piperidine rings is 1. The summed E-state index contributed by atoms with van der Waals surface area (Å²) in [6, 6.07) is 11.0. The standard InChI is InChI=1S/C20H31N3O2/c1-22-11-8-19(9-12-22)23(13-7-17-5-3-2-4-6-17)20(24)15-18-16-25-14-10-21-18/h2-6,18-19,21H,7-16H2,1H3/t18-/m1/s1. The van der Waals surface area contributed by atoms with E-state index in [1.165, 1.54) is 5.56 Å². The fourth-order valence-electron chi connectivity index (χ4n) is 3.79. The Hall–Kier alpha value is -1.43. The number of morpholine rings is 1. The number of hydrogen-bond acceptors (Lipinski definition) is 4. The molecule has 5 nitrogen and oxygen atoms in total. The maximum Gasteiger partial charge on any atom is 0.224 e. The first-order chi connectivity index (χ1) is 12.2. The number of carbonyl (C=O) groups excluding carboxylic acids is 1. The molecule has 0 saturated carbocycles. The number of amides is 1. The summed E-state index contributed by atoms with van der Waals surface area (Å²) >= 11 is 0.